The molecule has 0 rings (SSSR count). The third-order valence-corrected chi connectivity index (χ3v) is 2.13. The van der Waals surface area contributed by atoms with Gasteiger partial charge in [0, 0.05) is 20.8 Å². The number of rotatable bonds is 10. The van der Waals surface area contributed by atoms with E-state index in [-0.39, 0.29) is 6.10 Å². The molecule has 0 aliphatic heterocycles. The van der Waals surface area contributed by atoms with Crippen LogP contribution >= 0.6 is 0 Å². The predicted octanol–water partition coefficient (Wildman–Crippen LogP) is 2.24. The highest BCUT2D eigenvalue weighted by Gasteiger charge is 2.05. The van der Waals surface area contributed by atoms with Crippen LogP contribution < -0.4 is 0 Å². The Morgan fingerprint density at radius 2 is 1.79 bits per heavy atom. The van der Waals surface area contributed by atoms with Gasteiger partial charge in [0.15, 0.2) is 0 Å². The Balaban J connectivity index is 3.15. The van der Waals surface area contributed by atoms with Crippen molar-refractivity contribution in [3.05, 3.63) is 0 Å². The summed E-state index contributed by atoms with van der Waals surface area (Å²) >= 11 is 0. The molecule has 0 aromatic carbocycles. The van der Waals surface area contributed by atoms with Crippen molar-refractivity contribution in [2.24, 2.45) is 0 Å². The smallest absolute Gasteiger partial charge is 0.104 e. The van der Waals surface area contributed by atoms with E-state index in [9.17, 15) is 0 Å². The minimum Gasteiger partial charge on any atom is -0.382 e. The van der Waals surface area contributed by atoms with Crippen molar-refractivity contribution < 1.29 is 14.2 Å². The van der Waals surface area contributed by atoms with Crippen LogP contribution in [0.4, 0.5) is 0 Å². The fourth-order valence-corrected chi connectivity index (χ4v) is 1.22. The summed E-state index contributed by atoms with van der Waals surface area (Å²) in [5.41, 5.74) is 0. The van der Waals surface area contributed by atoms with E-state index < -0.39 is 0 Å². The molecule has 3 nitrogen and oxygen atoms in total. The van der Waals surface area contributed by atoms with Gasteiger partial charge in [0.25, 0.3) is 0 Å². The SMILES string of the molecule is CCCCCCOCC(COC)OC. The van der Waals surface area contributed by atoms with Gasteiger partial charge < -0.3 is 14.2 Å². The molecule has 0 spiro atoms. The van der Waals surface area contributed by atoms with Gasteiger partial charge in [0.05, 0.1) is 13.2 Å². The molecule has 0 amide bonds. The van der Waals surface area contributed by atoms with Crippen LogP contribution in [-0.4, -0.2) is 40.1 Å². The highest BCUT2D eigenvalue weighted by molar-refractivity contribution is 4.53. The maximum atomic E-state index is 5.48. The topological polar surface area (TPSA) is 27.7 Å². The van der Waals surface area contributed by atoms with E-state index in [1.165, 1.54) is 19.3 Å². The van der Waals surface area contributed by atoms with Gasteiger partial charge in [-0.25, -0.2) is 0 Å². The van der Waals surface area contributed by atoms with Gasteiger partial charge in [0.1, 0.15) is 6.10 Å². The lowest BCUT2D eigenvalue weighted by Gasteiger charge is -2.14. The lowest BCUT2D eigenvalue weighted by atomic mass is 10.2. The summed E-state index contributed by atoms with van der Waals surface area (Å²) in [6.45, 7) is 4.28. The molecule has 0 saturated heterocycles. The fraction of sp³-hybridized carbons (Fsp3) is 1.00. The molecule has 86 valence electrons. The molecule has 0 aromatic heterocycles. The first-order chi connectivity index (χ1) is 6.85. The van der Waals surface area contributed by atoms with Crippen LogP contribution in [0.25, 0.3) is 0 Å². The second kappa shape index (κ2) is 11.0. The molecule has 0 saturated carbocycles. The van der Waals surface area contributed by atoms with E-state index in [4.69, 9.17) is 14.2 Å². The molecule has 0 bridgehead atoms. The summed E-state index contributed by atoms with van der Waals surface area (Å²) in [5, 5.41) is 0. The molecule has 3 heteroatoms. The Labute approximate surface area is 87.7 Å². The van der Waals surface area contributed by atoms with Crippen molar-refractivity contribution in [3.8, 4) is 0 Å². The van der Waals surface area contributed by atoms with Crippen LogP contribution in [0.5, 0.6) is 0 Å². The van der Waals surface area contributed by atoms with Gasteiger partial charge in [0.2, 0.25) is 0 Å². The quantitative estimate of drug-likeness (QED) is 0.511. The Morgan fingerprint density at radius 1 is 1.00 bits per heavy atom. The second-order valence-corrected chi connectivity index (χ2v) is 3.45. The second-order valence-electron chi connectivity index (χ2n) is 3.45. The van der Waals surface area contributed by atoms with Gasteiger partial charge in [-0.3, -0.25) is 0 Å². The zero-order chi connectivity index (χ0) is 10.6. The van der Waals surface area contributed by atoms with E-state index in [2.05, 4.69) is 6.92 Å². The molecule has 1 unspecified atom stereocenters. The van der Waals surface area contributed by atoms with Gasteiger partial charge in [-0.1, -0.05) is 26.2 Å². The first kappa shape index (κ1) is 13.9. The third kappa shape index (κ3) is 8.48. The Hall–Kier alpha value is -0.120. The summed E-state index contributed by atoms with van der Waals surface area (Å²) in [6, 6.07) is 0. The van der Waals surface area contributed by atoms with Crippen molar-refractivity contribution in [2.45, 2.75) is 38.7 Å². The highest BCUT2D eigenvalue weighted by Crippen LogP contribution is 2.00. The zero-order valence-electron chi connectivity index (χ0n) is 9.75. The predicted molar refractivity (Wildman–Crippen MR) is 57.6 cm³/mol. The van der Waals surface area contributed by atoms with Crippen LogP contribution in [0.15, 0.2) is 0 Å². The Kier molecular flexibility index (Phi) is 10.9. The number of hydrogen-bond donors (Lipinski definition) is 0. The normalized spacial score (nSPS) is 13.1. The van der Waals surface area contributed by atoms with Crippen molar-refractivity contribution in [1.29, 1.82) is 0 Å². The molecular weight excluding hydrogens is 180 g/mol. The van der Waals surface area contributed by atoms with Crippen molar-refractivity contribution >= 4 is 0 Å². The molecule has 0 heterocycles. The summed E-state index contributed by atoms with van der Waals surface area (Å²) < 4.78 is 15.6. The maximum absolute atomic E-state index is 5.48. The lowest BCUT2D eigenvalue weighted by Crippen LogP contribution is -2.23. The number of unbranched alkanes of at least 4 members (excludes halogenated alkanes) is 3. The molecule has 0 aliphatic carbocycles. The molecule has 0 N–H and O–H groups in total. The van der Waals surface area contributed by atoms with E-state index in [0.29, 0.717) is 13.2 Å². The van der Waals surface area contributed by atoms with E-state index in [1.54, 1.807) is 14.2 Å². The van der Waals surface area contributed by atoms with Gasteiger partial charge in [-0.05, 0) is 6.42 Å². The molecule has 0 fully saturated rings. The minimum absolute atomic E-state index is 0.0752. The summed E-state index contributed by atoms with van der Waals surface area (Å²) in [6.07, 6.45) is 5.06. The number of ether oxygens (including phenoxy) is 3. The van der Waals surface area contributed by atoms with Crippen molar-refractivity contribution in [3.63, 3.8) is 0 Å². The van der Waals surface area contributed by atoms with E-state index >= 15 is 0 Å². The molecule has 0 aliphatic rings. The monoisotopic (exact) mass is 204 g/mol. The van der Waals surface area contributed by atoms with Crippen LogP contribution in [0.1, 0.15) is 32.6 Å². The number of methoxy groups -OCH3 is 2. The number of hydrogen-bond acceptors (Lipinski definition) is 3. The first-order valence-corrected chi connectivity index (χ1v) is 5.44. The minimum atomic E-state index is 0.0752. The average Bonchev–Trinajstić information content (AvgIpc) is 2.21. The molecule has 0 radical (unpaired) electrons. The Morgan fingerprint density at radius 3 is 2.36 bits per heavy atom. The van der Waals surface area contributed by atoms with Crippen LogP contribution in [0, 0.1) is 0 Å². The van der Waals surface area contributed by atoms with E-state index in [1.807, 2.05) is 0 Å². The molecule has 1 atom stereocenters. The lowest BCUT2D eigenvalue weighted by molar-refractivity contribution is -0.0308. The largest absolute Gasteiger partial charge is 0.382 e. The summed E-state index contributed by atoms with van der Waals surface area (Å²) in [7, 11) is 3.36. The third-order valence-electron chi connectivity index (χ3n) is 2.13. The fourth-order valence-electron chi connectivity index (χ4n) is 1.22. The van der Waals surface area contributed by atoms with Crippen LogP contribution in [0.3, 0.4) is 0 Å². The molecule has 14 heavy (non-hydrogen) atoms. The van der Waals surface area contributed by atoms with E-state index in [0.717, 1.165) is 13.0 Å². The first-order valence-electron chi connectivity index (χ1n) is 5.44. The van der Waals surface area contributed by atoms with Crippen LogP contribution in [-0.2, 0) is 14.2 Å². The van der Waals surface area contributed by atoms with Gasteiger partial charge in [-0.15, -0.1) is 0 Å². The standard InChI is InChI=1S/C11H24O3/c1-4-5-6-7-8-14-10-11(13-3)9-12-2/h11H,4-10H2,1-3H3. The van der Waals surface area contributed by atoms with Gasteiger partial charge in [-0.2, -0.15) is 0 Å². The van der Waals surface area contributed by atoms with Crippen molar-refractivity contribution in [1.82, 2.24) is 0 Å². The van der Waals surface area contributed by atoms with Crippen molar-refractivity contribution in [2.75, 3.05) is 34.0 Å². The average molecular weight is 204 g/mol. The van der Waals surface area contributed by atoms with Gasteiger partial charge >= 0.3 is 0 Å². The summed E-state index contributed by atoms with van der Waals surface area (Å²) in [4.78, 5) is 0. The molecule has 0 aromatic rings. The Bertz CT molecular complexity index is 107. The summed E-state index contributed by atoms with van der Waals surface area (Å²) in [5.74, 6) is 0. The maximum Gasteiger partial charge on any atom is 0.104 e. The zero-order valence-corrected chi connectivity index (χ0v) is 9.75. The highest BCUT2D eigenvalue weighted by atomic mass is 16.5. The van der Waals surface area contributed by atoms with Crippen LogP contribution in [0.2, 0.25) is 0 Å². The molecular formula is C11H24O3.